The summed E-state index contributed by atoms with van der Waals surface area (Å²) in [7, 11) is 0. The summed E-state index contributed by atoms with van der Waals surface area (Å²) in [6, 6.07) is 0. The molecular formula is C28H54N2O6. The highest BCUT2D eigenvalue weighted by Crippen LogP contribution is 2.13. The first-order valence-corrected chi connectivity index (χ1v) is 14.5. The maximum Gasteiger partial charge on any atom is 0.303 e. The normalized spacial score (nSPS) is 10.9. The first-order valence-electron chi connectivity index (χ1n) is 14.5. The van der Waals surface area contributed by atoms with E-state index in [9.17, 15) is 14.4 Å². The van der Waals surface area contributed by atoms with Crippen LogP contribution in [0.1, 0.15) is 122 Å². The lowest BCUT2D eigenvalue weighted by molar-refractivity contribution is -0.137. The Bertz CT molecular complexity index is 530. The molecule has 8 nitrogen and oxygen atoms in total. The Morgan fingerprint density at radius 3 is 1.44 bits per heavy atom. The second-order valence-corrected chi connectivity index (χ2v) is 9.46. The maximum atomic E-state index is 11.9. The van der Waals surface area contributed by atoms with Crippen LogP contribution in [0.15, 0.2) is 0 Å². The van der Waals surface area contributed by atoms with Crippen LogP contribution in [-0.4, -0.2) is 62.4 Å². The second kappa shape index (κ2) is 27.9. The minimum atomic E-state index is -0.682. The zero-order chi connectivity index (χ0) is 26.5. The molecule has 0 aromatic carbocycles. The molecule has 0 saturated carbocycles. The van der Waals surface area contributed by atoms with E-state index in [2.05, 4.69) is 10.6 Å². The van der Waals surface area contributed by atoms with Gasteiger partial charge < -0.3 is 25.2 Å². The summed E-state index contributed by atoms with van der Waals surface area (Å²) in [5.74, 6) is -0.611. The van der Waals surface area contributed by atoms with E-state index in [1.165, 1.54) is 57.8 Å². The fourth-order valence-corrected chi connectivity index (χ4v) is 3.96. The number of carboxylic acids is 1. The van der Waals surface area contributed by atoms with Gasteiger partial charge >= 0.3 is 5.97 Å². The number of carbonyl (C=O) groups is 3. The van der Waals surface area contributed by atoms with Crippen LogP contribution in [0.5, 0.6) is 0 Å². The van der Waals surface area contributed by atoms with E-state index >= 15 is 0 Å². The third-order valence-electron chi connectivity index (χ3n) is 6.09. The monoisotopic (exact) mass is 514 g/mol. The number of nitrogens with one attached hydrogen (secondary N) is 2. The van der Waals surface area contributed by atoms with E-state index in [4.69, 9.17) is 14.6 Å². The molecule has 0 aromatic rings. The minimum Gasteiger partial charge on any atom is -0.481 e. The Kier molecular flexibility index (Phi) is 26.6. The Morgan fingerprint density at radius 1 is 0.528 bits per heavy atom. The van der Waals surface area contributed by atoms with Crippen LogP contribution < -0.4 is 10.6 Å². The lowest BCUT2D eigenvalue weighted by Crippen LogP contribution is -2.29. The molecule has 36 heavy (non-hydrogen) atoms. The number of hydrogen-bond donors (Lipinski definition) is 3. The Hall–Kier alpha value is -1.67. The molecule has 0 spiro atoms. The molecule has 0 bridgehead atoms. The van der Waals surface area contributed by atoms with Crippen LogP contribution in [0.4, 0.5) is 0 Å². The molecule has 0 aliphatic rings. The molecule has 212 valence electrons. The summed E-state index contributed by atoms with van der Waals surface area (Å²) in [6.45, 7) is 5.26. The van der Waals surface area contributed by atoms with Crippen molar-refractivity contribution in [2.45, 2.75) is 122 Å². The number of amides is 2. The smallest absolute Gasteiger partial charge is 0.303 e. The van der Waals surface area contributed by atoms with Crippen molar-refractivity contribution in [1.82, 2.24) is 10.6 Å². The zero-order valence-corrected chi connectivity index (χ0v) is 23.0. The number of rotatable bonds is 28. The van der Waals surface area contributed by atoms with E-state index in [-0.39, 0.29) is 11.8 Å². The number of unbranched alkanes of at least 4 members (excludes halogenated alkanes) is 13. The highest BCUT2D eigenvalue weighted by atomic mass is 16.5. The van der Waals surface area contributed by atoms with Crippen molar-refractivity contribution < 1.29 is 29.0 Å². The number of ether oxygens (including phenoxy) is 2. The molecule has 0 radical (unpaired) electrons. The summed E-state index contributed by atoms with van der Waals surface area (Å²) in [5, 5.41) is 14.3. The molecule has 0 aromatic heterocycles. The van der Waals surface area contributed by atoms with Gasteiger partial charge in [-0.15, -0.1) is 0 Å². The molecule has 0 atom stereocenters. The summed E-state index contributed by atoms with van der Waals surface area (Å²) < 4.78 is 10.5. The van der Waals surface area contributed by atoms with Crippen LogP contribution in [0.25, 0.3) is 0 Å². The predicted molar refractivity (Wildman–Crippen MR) is 144 cm³/mol. The quantitative estimate of drug-likeness (QED) is 0.121. The zero-order valence-electron chi connectivity index (χ0n) is 23.0. The van der Waals surface area contributed by atoms with Gasteiger partial charge in [0.15, 0.2) is 0 Å². The van der Waals surface area contributed by atoms with Crippen molar-refractivity contribution in [3.63, 3.8) is 0 Å². The van der Waals surface area contributed by atoms with Gasteiger partial charge in [-0.25, -0.2) is 0 Å². The van der Waals surface area contributed by atoms with Crippen molar-refractivity contribution in [1.29, 1.82) is 0 Å². The number of carboxylic acid groups (broad SMARTS) is 1. The Labute approximate surface area is 219 Å². The van der Waals surface area contributed by atoms with Crippen molar-refractivity contribution >= 4 is 17.8 Å². The molecule has 0 aliphatic heterocycles. The topological polar surface area (TPSA) is 114 Å². The first kappa shape index (κ1) is 34.3. The SMILES string of the molecule is CCOCCOCCNC(=O)CCCNC(=O)CCCCCCCCCCCCCCCCC(=O)O. The third-order valence-corrected chi connectivity index (χ3v) is 6.09. The second-order valence-electron chi connectivity index (χ2n) is 9.46. The Balaban J connectivity index is 3.26. The molecule has 2 amide bonds. The van der Waals surface area contributed by atoms with Crippen LogP contribution in [0.2, 0.25) is 0 Å². The number of aliphatic carboxylic acids is 1. The summed E-state index contributed by atoms with van der Waals surface area (Å²) >= 11 is 0. The third kappa shape index (κ3) is 28.6. The fourth-order valence-electron chi connectivity index (χ4n) is 3.96. The highest BCUT2D eigenvalue weighted by molar-refractivity contribution is 5.77. The molecule has 0 unspecified atom stereocenters. The minimum absolute atomic E-state index is 0.0115. The van der Waals surface area contributed by atoms with Gasteiger partial charge in [0.2, 0.25) is 11.8 Å². The van der Waals surface area contributed by atoms with Gasteiger partial charge in [0.1, 0.15) is 0 Å². The van der Waals surface area contributed by atoms with Gasteiger partial charge in [-0.3, -0.25) is 14.4 Å². The first-order chi connectivity index (χ1) is 17.6. The lowest BCUT2D eigenvalue weighted by atomic mass is 10.0. The maximum absolute atomic E-state index is 11.9. The van der Waals surface area contributed by atoms with Crippen LogP contribution in [-0.2, 0) is 23.9 Å². The largest absolute Gasteiger partial charge is 0.481 e. The van der Waals surface area contributed by atoms with Gasteiger partial charge in [-0.1, -0.05) is 77.0 Å². The summed E-state index contributed by atoms with van der Waals surface area (Å²) in [4.78, 5) is 34.1. The number of hydrogen-bond acceptors (Lipinski definition) is 5. The standard InChI is InChI=1S/C28H54N2O6/c1-2-35-24-25-36-23-22-30-27(32)19-17-21-29-26(31)18-15-13-11-9-7-5-3-4-6-8-10-12-14-16-20-28(33)34/h2-25H2,1H3,(H,29,31)(H,30,32)(H,33,34). The molecular weight excluding hydrogens is 460 g/mol. The van der Waals surface area contributed by atoms with E-state index < -0.39 is 5.97 Å². The van der Waals surface area contributed by atoms with Crippen LogP contribution >= 0.6 is 0 Å². The predicted octanol–water partition coefficient (Wildman–Crippen LogP) is 5.38. The van der Waals surface area contributed by atoms with Gasteiger partial charge in [0, 0.05) is 39.0 Å². The molecule has 0 heterocycles. The number of carbonyl (C=O) groups excluding carboxylic acids is 2. The van der Waals surface area contributed by atoms with Crippen LogP contribution in [0, 0.1) is 0 Å². The van der Waals surface area contributed by atoms with Crippen molar-refractivity contribution in [2.24, 2.45) is 0 Å². The van der Waals surface area contributed by atoms with Gasteiger partial charge in [-0.05, 0) is 26.2 Å². The lowest BCUT2D eigenvalue weighted by Gasteiger charge is -2.07. The van der Waals surface area contributed by atoms with Crippen molar-refractivity contribution in [2.75, 3.05) is 39.5 Å². The molecule has 0 aliphatic carbocycles. The van der Waals surface area contributed by atoms with Crippen molar-refractivity contribution in [3.8, 4) is 0 Å². The average Bonchev–Trinajstić information content (AvgIpc) is 2.85. The highest BCUT2D eigenvalue weighted by Gasteiger charge is 2.04. The van der Waals surface area contributed by atoms with Crippen LogP contribution in [0.3, 0.4) is 0 Å². The fraction of sp³-hybridized carbons (Fsp3) is 0.893. The van der Waals surface area contributed by atoms with Crippen molar-refractivity contribution in [3.05, 3.63) is 0 Å². The van der Waals surface area contributed by atoms with Gasteiger partial charge in [0.25, 0.3) is 0 Å². The van der Waals surface area contributed by atoms with E-state index in [0.29, 0.717) is 65.2 Å². The Morgan fingerprint density at radius 2 is 0.944 bits per heavy atom. The summed E-state index contributed by atoms with van der Waals surface area (Å²) in [6.07, 6.45) is 18.4. The average molecular weight is 515 g/mol. The summed E-state index contributed by atoms with van der Waals surface area (Å²) in [5.41, 5.74) is 0. The molecule has 3 N–H and O–H groups in total. The van der Waals surface area contributed by atoms with E-state index in [1.54, 1.807) is 0 Å². The molecule has 8 heteroatoms. The molecule has 0 rings (SSSR count). The van der Waals surface area contributed by atoms with Gasteiger partial charge in [-0.2, -0.15) is 0 Å². The van der Waals surface area contributed by atoms with E-state index in [0.717, 1.165) is 32.1 Å². The van der Waals surface area contributed by atoms with E-state index in [1.807, 2.05) is 6.92 Å². The van der Waals surface area contributed by atoms with Gasteiger partial charge in [0.05, 0.1) is 19.8 Å². The molecule has 0 fully saturated rings. The molecule has 0 saturated heterocycles.